The zero-order valence-electron chi connectivity index (χ0n) is 5.04. The summed E-state index contributed by atoms with van der Waals surface area (Å²) < 4.78 is 0. The molecule has 0 saturated heterocycles. The smallest absolute Gasteiger partial charge is 0.0612 e. The molecular weight excluding hydrogens is 104 g/mol. The van der Waals surface area contributed by atoms with Crippen LogP contribution >= 0.6 is 0 Å². The summed E-state index contributed by atoms with van der Waals surface area (Å²) >= 11 is 0. The first-order valence-electron chi connectivity index (χ1n) is 2.71. The van der Waals surface area contributed by atoms with E-state index in [1.807, 2.05) is 0 Å². The van der Waals surface area contributed by atoms with E-state index in [0.717, 1.165) is 0 Å². The van der Waals surface area contributed by atoms with E-state index in [1.54, 1.807) is 19.1 Å². The third-order valence-corrected chi connectivity index (χ3v) is 0.749. The summed E-state index contributed by atoms with van der Waals surface area (Å²) in [5.74, 6) is 0. The highest BCUT2D eigenvalue weighted by molar-refractivity contribution is 4.81. The minimum absolute atomic E-state index is 0.0622. The summed E-state index contributed by atoms with van der Waals surface area (Å²) in [5.41, 5.74) is 0. The number of aliphatic hydroxyl groups excluding tert-OH is 2. The van der Waals surface area contributed by atoms with E-state index in [0.29, 0.717) is 6.42 Å². The minimum Gasteiger partial charge on any atom is -0.393 e. The lowest BCUT2D eigenvalue weighted by Crippen LogP contribution is -1.95. The molecule has 0 radical (unpaired) electrons. The highest BCUT2D eigenvalue weighted by atomic mass is 16.3. The number of hydrogen-bond acceptors (Lipinski definition) is 2. The van der Waals surface area contributed by atoms with Crippen molar-refractivity contribution >= 4 is 0 Å². The van der Waals surface area contributed by atoms with Crippen LogP contribution in [0.5, 0.6) is 0 Å². The number of hydrogen-bond donors (Lipinski definition) is 2. The van der Waals surface area contributed by atoms with E-state index < -0.39 is 0 Å². The van der Waals surface area contributed by atoms with Crippen LogP contribution in [-0.2, 0) is 0 Å². The Morgan fingerprint density at radius 1 is 1.50 bits per heavy atom. The maximum Gasteiger partial charge on any atom is 0.0612 e. The molecule has 0 aromatic rings. The van der Waals surface area contributed by atoms with Crippen molar-refractivity contribution in [3.63, 3.8) is 0 Å². The fraction of sp³-hybridized carbons (Fsp3) is 0.667. The van der Waals surface area contributed by atoms with E-state index in [2.05, 4.69) is 0 Å². The zero-order chi connectivity index (χ0) is 6.41. The molecule has 1 atom stereocenters. The molecule has 0 aliphatic rings. The number of aliphatic hydroxyl groups is 2. The van der Waals surface area contributed by atoms with Crippen LogP contribution in [0.1, 0.15) is 13.3 Å². The van der Waals surface area contributed by atoms with Crippen molar-refractivity contribution in [1.29, 1.82) is 0 Å². The summed E-state index contributed by atoms with van der Waals surface area (Å²) in [7, 11) is 0. The van der Waals surface area contributed by atoms with Crippen LogP contribution in [0.2, 0.25) is 0 Å². The first kappa shape index (κ1) is 7.66. The molecule has 0 aliphatic carbocycles. The van der Waals surface area contributed by atoms with Crippen LogP contribution in [0, 0.1) is 0 Å². The molecular formula is C6H12O2. The maximum atomic E-state index is 8.65. The van der Waals surface area contributed by atoms with Crippen LogP contribution < -0.4 is 0 Å². The van der Waals surface area contributed by atoms with Crippen LogP contribution in [0.3, 0.4) is 0 Å². The van der Waals surface area contributed by atoms with Crippen molar-refractivity contribution in [1.82, 2.24) is 0 Å². The molecule has 0 spiro atoms. The molecule has 0 aromatic heterocycles. The summed E-state index contributed by atoms with van der Waals surface area (Å²) in [5, 5.41) is 16.9. The Labute approximate surface area is 49.5 Å². The second kappa shape index (κ2) is 4.81. The van der Waals surface area contributed by atoms with Gasteiger partial charge in [-0.25, -0.2) is 0 Å². The van der Waals surface area contributed by atoms with Gasteiger partial charge >= 0.3 is 0 Å². The molecule has 0 aromatic carbocycles. The molecule has 0 rings (SSSR count). The second-order valence-corrected chi connectivity index (χ2v) is 1.74. The van der Waals surface area contributed by atoms with Crippen LogP contribution in [0.4, 0.5) is 0 Å². The van der Waals surface area contributed by atoms with Crippen LogP contribution in [0.15, 0.2) is 12.2 Å². The lowest BCUT2D eigenvalue weighted by Gasteiger charge is -1.94. The van der Waals surface area contributed by atoms with Gasteiger partial charge in [0.2, 0.25) is 0 Å². The van der Waals surface area contributed by atoms with Crippen molar-refractivity contribution in [3.05, 3.63) is 12.2 Å². The summed E-state index contributed by atoms with van der Waals surface area (Å²) in [4.78, 5) is 0. The fourth-order valence-electron chi connectivity index (χ4n) is 0.368. The minimum atomic E-state index is -0.294. The Balaban J connectivity index is 3.03. The zero-order valence-corrected chi connectivity index (χ0v) is 5.04. The van der Waals surface area contributed by atoms with E-state index in [-0.39, 0.29) is 12.7 Å². The lowest BCUT2D eigenvalue weighted by molar-refractivity contribution is 0.198. The van der Waals surface area contributed by atoms with E-state index in [9.17, 15) is 0 Å². The van der Waals surface area contributed by atoms with E-state index in [1.165, 1.54) is 0 Å². The third-order valence-electron chi connectivity index (χ3n) is 0.749. The first-order chi connectivity index (χ1) is 3.77. The second-order valence-electron chi connectivity index (χ2n) is 1.74. The fourth-order valence-corrected chi connectivity index (χ4v) is 0.368. The van der Waals surface area contributed by atoms with E-state index in [4.69, 9.17) is 10.2 Å². The van der Waals surface area contributed by atoms with Gasteiger partial charge in [-0.3, -0.25) is 0 Å². The maximum absolute atomic E-state index is 8.65. The molecule has 48 valence electrons. The Bertz CT molecular complexity index is 66.9. The van der Waals surface area contributed by atoms with Crippen molar-refractivity contribution in [2.75, 3.05) is 6.61 Å². The van der Waals surface area contributed by atoms with Gasteiger partial charge in [-0.1, -0.05) is 12.2 Å². The SMILES string of the molecule is C[C@@H](O)C/C=C\CO. The molecule has 0 saturated carbocycles. The molecule has 0 fully saturated rings. The molecule has 0 bridgehead atoms. The highest BCUT2D eigenvalue weighted by Crippen LogP contribution is 1.88. The van der Waals surface area contributed by atoms with Gasteiger partial charge in [0.1, 0.15) is 0 Å². The average molecular weight is 116 g/mol. The molecule has 0 heterocycles. The van der Waals surface area contributed by atoms with Crippen LogP contribution in [-0.4, -0.2) is 22.9 Å². The van der Waals surface area contributed by atoms with Gasteiger partial charge in [-0.05, 0) is 13.3 Å². The first-order valence-corrected chi connectivity index (χ1v) is 2.71. The predicted octanol–water partition coefficient (Wildman–Crippen LogP) is 0.306. The topological polar surface area (TPSA) is 40.5 Å². The van der Waals surface area contributed by atoms with Crippen molar-refractivity contribution in [3.8, 4) is 0 Å². The number of rotatable bonds is 3. The van der Waals surface area contributed by atoms with E-state index >= 15 is 0 Å². The molecule has 0 amide bonds. The lowest BCUT2D eigenvalue weighted by atomic mass is 10.3. The molecule has 0 unspecified atom stereocenters. The summed E-state index contributed by atoms with van der Waals surface area (Å²) in [6.07, 6.45) is 3.70. The molecule has 2 N–H and O–H groups in total. The van der Waals surface area contributed by atoms with Gasteiger partial charge in [-0.2, -0.15) is 0 Å². The monoisotopic (exact) mass is 116 g/mol. The predicted molar refractivity (Wildman–Crippen MR) is 32.5 cm³/mol. The summed E-state index contributed by atoms with van der Waals surface area (Å²) in [6.45, 7) is 1.77. The van der Waals surface area contributed by atoms with Gasteiger partial charge in [0, 0.05) is 0 Å². The van der Waals surface area contributed by atoms with Gasteiger partial charge in [0.05, 0.1) is 12.7 Å². The molecule has 2 nitrogen and oxygen atoms in total. The Morgan fingerprint density at radius 2 is 2.12 bits per heavy atom. The Kier molecular flexibility index (Phi) is 4.61. The van der Waals surface area contributed by atoms with Gasteiger partial charge < -0.3 is 10.2 Å². The van der Waals surface area contributed by atoms with Gasteiger partial charge in [-0.15, -0.1) is 0 Å². The molecule has 2 heteroatoms. The summed E-state index contributed by atoms with van der Waals surface area (Å²) in [6, 6.07) is 0. The Morgan fingerprint density at radius 3 is 2.50 bits per heavy atom. The van der Waals surface area contributed by atoms with Crippen molar-refractivity contribution in [2.45, 2.75) is 19.4 Å². The van der Waals surface area contributed by atoms with Crippen LogP contribution in [0.25, 0.3) is 0 Å². The largest absolute Gasteiger partial charge is 0.393 e. The molecule has 8 heavy (non-hydrogen) atoms. The Hall–Kier alpha value is -0.340. The van der Waals surface area contributed by atoms with Crippen molar-refractivity contribution in [2.24, 2.45) is 0 Å². The highest BCUT2D eigenvalue weighted by Gasteiger charge is 1.86. The third kappa shape index (κ3) is 5.66. The average Bonchev–Trinajstić information content (AvgIpc) is 1.66. The standard InChI is InChI=1S/C6H12O2/c1-6(8)4-2-3-5-7/h2-3,6-8H,4-5H2,1H3/b3-2-/t6-/m1/s1. The van der Waals surface area contributed by atoms with Crippen molar-refractivity contribution < 1.29 is 10.2 Å². The van der Waals surface area contributed by atoms with Gasteiger partial charge in [0.15, 0.2) is 0 Å². The molecule has 0 aliphatic heterocycles. The quantitative estimate of drug-likeness (QED) is 0.521. The normalized spacial score (nSPS) is 14.9. The van der Waals surface area contributed by atoms with Gasteiger partial charge in [0.25, 0.3) is 0 Å².